The van der Waals surface area contributed by atoms with Crippen molar-refractivity contribution in [1.29, 1.82) is 0 Å². The first-order valence-corrected chi connectivity index (χ1v) is 12.4. The standard InChI is InChI=1S/C24H31N5O4S/c1-24(2,3)33-23(32)28-10-6-16-12-17(4-5-18(16)13-28)22(31)29-14-19(15-29)25-7-8-26-20(30)21-27-9-11-34-21/h4-5,9,11-12,19,25H,6-8,10,13-15H2,1-3H3,(H,26,30). The minimum atomic E-state index is -0.521. The molecule has 0 unspecified atom stereocenters. The third-order valence-corrected chi connectivity index (χ3v) is 6.53. The van der Waals surface area contributed by atoms with Crippen molar-refractivity contribution in [3.8, 4) is 0 Å². The molecule has 0 atom stereocenters. The van der Waals surface area contributed by atoms with Gasteiger partial charge in [-0.3, -0.25) is 9.59 Å². The Morgan fingerprint density at radius 1 is 1.15 bits per heavy atom. The first-order valence-electron chi connectivity index (χ1n) is 11.5. The first kappa shape index (κ1) is 24.2. The molecule has 182 valence electrons. The van der Waals surface area contributed by atoms with Crippen molar-refractivity contribution in [3.63, 3.8) is 0 Å². The Balaban J connectivity index is 1.21. The number of nitrogens with one attached hydrogen (secondary N) is 2. The molecule has 0 radical (unpaired) electrons. The average Bonchev–Trinajstić information content (AvgIpc) is 3.30. The van der Waals surface area contributed by atoms with E-state index in [1.807, 2.05) is 43.9 Å². The summed E-state index contributed by atoms with van der Waals surface area (Å²) < 4.78 is 5.48. The molecular formula is C24H31N5O4S. The lowest BCUT2D eigenvalue weighted by Crippen LogP contribution is -2.60. The van der Waals surface area contributed by atoms with Crippen LogP contribution in [-0.4, -0.2) is 77.1 Å². The number of aromatic nitrogens is 1. The summed E-state index contributed by atoms with van der Waals surface area (Å²) in [7, 11) is 0. The third-order valence-electron chi connectivity index (χ3n) is 5.76. The number of amides is 3. The Hall–Kier alpha value is -2.98. The monoisotopic (exact) mass is 485 g/mol. The lowest BCUT2D eigenvalue weighted by Gasteiger charge is -2.40. The summed E-state index contributed by atoms with van der Waals surface area (Å²) in [4.78, 5) is 44.6. The van der Waals surface area contributed by atoms with Gasteiger partial charge >= 0.3 is 6.09 Å². The molecule has 3 amide bonds. The van der Waals surface area contributed by atoms with Gasteiger partial charge in [-0.2, -0.15) is 0 Å². The predicted octanol–water partition coefficient (Wildman–Crippen LogP) is 2.28. The van der Waals surface area contributed by atoms with Crippen LogP contribution in [-0.2, 0) is 17.7 Å². The zero-order valence-electron chi connectivity index (χ0n) is 19.8. The van der Waals surface area contributed by atoms with Gasteiger partial charge in [-0.1, -0.05) is 6.07 Å². The molecule has 2 aliphatic rings. The van der Waals surface area contributed by atoms with Crippen LogP contribution in [0.4, 0.5) is 4.79 Å². The second-order valence-electron chi connectivity index (χ2n) is 9.59. The molecular weight excluding hydrogens is 454 g/mol. The molecule has 3 heterocycles. The normalized spacial score (nSPS) is 16.0. The molecule has 0 aliphatic carbocycles. The summed E-state index contributed by atoms with van der Waals surface area (Å²) in [6.45, 7) is 9.08. The van der Waals surface area contributed by atoms with Crippen LogP contribution in [0.2, 0.25) is 0 Å². The van der Waals surface area contributed by atoms with E-state index in [0.29, 0.717) is 56.3 Å². The topological polar surface area (TPSA) is 104 Å². The Morgan fingerprint density at radius 2 is 1.94 bits per heavy atom. The average molecular weight is 486 g/mol. The highest BCUT2D eigenvalue weighted by Crippen LogP contribution is 2.24. The third kappa shape index (κ3) is 5.92. The van der Waals surface area contributed by atoms with Crippen LogP contribution in [0, 0.1) is 0 Å². The summed E-state index contributed by atoms with van der Waals surface area (Å²) >= 11 is 1.31. The number of thiazole rings is 1. The molecule has 0 saturated carbocycles. The molecule has 1 aromatic heterocycles. The van der Waals surface area contributed by atoms with Gasteiger partial charge < -0.3 is 25.2 Å². The molecule has 0 spiro atoms. The number of ether oxygens (including phenoxy) is 1. The maximum Gasteiger partial charge on any atom is 0.410 e. The molecule has 1 fully saturated rings. The Kier molecular flexibility index (Phi) is 7.18. The summed E-state index contributed by atoms with van der Waals surface area (Å²) in [5, 5.41) is 8.43. The van der Waals surface area contributed by atoms with E-state index in [0.717, 1.165) is 11.1 Å². The number of carbonyl (C=O) groups excluding carboxylic acids is 3. The van der Waals surface area contributed by atoms with Crippen molar-refractivity contribution >= 4 is 29.2 Å². The highest BCUT2D eigenvalue weighted by atomic mass is 32.1. The number of hydrogen-bond donors (Lipinski definition) is 2. The molecule has 4 rings (SSSR count). The Morgan fingerprint density at radius 3 is 2.65 bits per heavy atom. The maximum atomic E-state index is 12.9. The SMILES string of the molecule is CC(C)(C)OC(=O)N1CCc2cc(C(=O)N3CC(NCCNC(=O)c4nccs4)C3)ccc2C1. The van der Waals surface area contributed by atoms with Crippen LogP contribution < -0.4 is 10.6 Å². The highest BCUT2D eigenvalue weighted by molar-refractivity contribution is 7.11. The zero-order valence-corrected chi connectivity index (χ0v) is 20.6. The molecule has 0 bridgehead atoms. The van der Waals surface area contributed by atoms with E-state index < -0.39 is 5.60 Å². The smallest absolute Gasteiger partial charge is 0.410 e. The van der Waals surface area contributed by atoms with Crippen LogP contribution in [0.25, 0.3) is 0 Å². The molecule has 34 heavy (non-hydrogen) atoms. The first-order chi connectivity index (χ1) is 16.2. The summed E-state index contributed by atoms with van der Waals surface area (Å²) in [6.07, 6.45) is 2.01. The summed E-state index contributed by atoms with van der Waals surface area (Å²) in [5.74, 6) is -0.142. The van der Waals surface area contributed by atoms with Gasteiger partial charge in [0.2, 0.25) is 0 Å². The lowest BCUT2D eigenvalue weighted by molar-refractivity contribution is 0.0223. The second-order valence-corrected chi connectivity index (χ2v) is 10.5. The quantitative estimate of drug-likeness (QED) is 0.609. The minimum Gasteiger partial charge on any atom is -0.444 e. The summed E-state index contributed by atoms with van der Waals surface area (Å²) in [5.41, 5.74) is 2.32. The summed E-state index contributed by atoms with van der Waals surface area (Å²) in [6, 6.07) is 5.97. The van der Waals surface area contributed by atoms with E-state index in [9.17, 15) is 14.4 Å². The Labute approximate surface area is 203 Å². The Bertz CT molecular complexity index is 1040. The van der Waals surface area contributed by atoms with Gasteiger partial charge in [0.15, 0.2) is 5.01 Å². The molecule has 2 N–H and O–H groups in total. The van der Waals surface area contributed by atoms with Crippen molar-refractivity contribution in [2.75, 3.05) is 32.7 Å². The van der Waals surface area contributed by atoms with Gasteiger partial charge in [0.05, 0.1) is 0 Å². The number of nitrogens with zero attached hydrogens (tertiary/aromatic N) is 3. The van der Waals surface area contributed by atoms with Gasteiger partial charge in [0.1, 0.15) is 5.60 Å². The van der Waals surface area contributed by atoms with Crippen LogP contribution >= 0.6 is 11.3 Å². The zero-order chi connectivity index (χ0) is 24.3. The molecule has 1 aromatic carbocycles. The second kappa shape index (κ2) is 10.1. The highest BCUT2D eigenvalue weighted by Gasteiger charge is 2.32. The van der Waals surface area contributed by atoms with Crippen molar-refractivity contribution < 1.29 is 19.1 Å². The number of fused-ring (bicyclic) bond motifs is 1. The fourth-order valence-electron chi connectivity index (χ4n) is 3.99. The molecule has 2 aliphatic heterocycles. The van der Waals surface area contributed by atoms with E-state index in [1.165, 1.54) is 11.3 Å². The van der Waals surface area contributed by atoms with E-state index in [-0.39, 0.29) is 23.9 Å². The van der Waals surface area contributed by atoms with E-state index in [1.54, 1.807) is 16.5 Å². The largest absolute Gasteiger partial charge is 0.444 e. The van der Waals surface area contributed by atoms with Crippen molar-refractivity contribution in [1.82, 2.24) is 25.4 Å². The van der Waals surface area contributed by atoms with Crippen LogP contribution in [0.5, 0.6) is 0 Å². The number of likely N-dealkylation sites (tertiary alicyclic amines) is 1. The van der Waals surface area contributed by atoms with E-state index >= 15 is 0 Å². The number of rotatable bonds is 6. The van der Waals surface area contributed by atoms with Gasteiger partial charge in [-0.15, -0.1) is 11.3 Å². The lowest BCUT2D eigenvalue weighted by atomic mass is 9.96. The van der Waals surface area contributed by atoms with Crippen LogP contribution in [0.1, 0.15) is 52.1 Å². The number of hydrogen-bond acceptors (Lipinski definition) is 7. The van der Waals surface area contributed by atoms with E-state index in [4.69, 9.17) is 4.74 Å². The molecule has 2 aromatic rings. The van der Waals surface area contributed by atoms with Crippen LogP contribution in [0.15, 0.2) is 29.8 Å². The van der Waals surface area contributed by atoms with Crippen molar-refractivity contribution in [2.45, 2.75) is 45.4 Å². The van der Waals surface area contributed by atoms with Gasteiger partial charge in [0.25, 0.3) is 11.8 Å². The van der Waals surface area contributed by atoms with Gasteiger partial charge in [-0.25, -0.2) is 9.78 Å². The molecule has 1 saturated heterocycles. The molecule has 10 heteroatoms. The molecule has 9 nitrogen and oxygen atoms in total. The predicted molar refractivity (Wildman–Crippen MR) is 129 cm³/mol. The van der Waals surface area contributed by atoms with Gasteiger partial charge in [-0.05, 0) is 50.5 Å². The van der Waals surface area contributed by atoms with Crippen molar-refractivity contribution in [2.24, 2.45) is 0 Å². The van der Waals surface area contributed by atoms with Crippen LogP contribution in [0.3, 0.4) is 0 Å². The fourth-order valence-corrected chi connectivity index (χ4v) is 4.54. The fraction of sp³-hybridized carbons (Fsp3) is 0.500. The van der Waals surface area contributed by atoms with E-state index in [2.05, 4.69) is 15.6 Å². The minimum absolute atomic E-state index is 0.0208. The van der Waals surface area contributed by atoms with Gasteiger partial charge in [0, 0.05) is 62.5 Å². The number of benzene rings is 1. The maximum absolute atomic E-state index is 12.9. The van der Waals surface area contributed by atoms with Crippen molar-refractivity contribution in [3.05, 3.63) is 51.5 Å². The number of carbonyl (C=O) groups is 3.